The van der Waals surface area contributed by atoms with E-state index in [2.05, 4.69) is 5.32 Å². The molecule has 2 atom stereocenters. The third-order valence-electron chi connectivity index (χ3n) is 5.67. The van der Waals surface area contributed by atoms with Crippen molar-refractivity contribution >= 4 is 17.5 Å². The quantitative estimate of drug-likeness (QED) is 0.423. The fourth-order valence-electron chi connectivity index (χ4n) is 4.06. The molecule has 1 fully saturated rings. The van der Waals surface area contributed by atoms with Gasteiger partial charge in [0.2, 0.25) is 11.8 Å². The lowest BCUT2D eigenvalue weighted by Gasteiger charge is -2.18. The number of carbonyl (C=O) groups is 2. The highest BCUT2D eigenvalue weighted by atomic mass is 19.4. The Morgan fingerprint density at radius 2 is 1.67 bits per heavy atom. The molecule has 1 N–H and O–H groups in total. The van der Waals surface area contributed by atoms with Gasteiger partial charge >= 0.3 is 6.18 Å². The number of amides is 2. The number of nitrogens with one attached hydrogen (secondary N) is 1. The molecule has 170 valence electrons. The Hall–Kier alpha value is -3.68. The van der Waals surface area contributed by atoms with Gasteiger partial charge in [-0.25, -0.2) is 4.39 Å². The van der Waals surface area contributed by atoms with E-state index in [0.717, 1.165) is 23.8 Å². The number of rotatable bonds is 5. The van der Waals surface area contributed by atoms with Gasteiger partial charge in [-0.05, 0) is 29.3 Å². The Kier molecular flexibility index (Phi) is 6.18. The number of carbonyl (C=O) groups excluding carboxylic acids is 2. The summed E-state index contributed by atoms with van der Waals surface area (Å²) in [5.74, 6) is -4.07. The molecule has 1 heterocycles. The summed E-state index contributed by atoms with van der Waals surface area (Å²) in [6.07, 6.45) is -4.56. The Bertz CT molecular complexity index is 1160. The zero-order valence-corrected chi connectivity index (χ0v) is 17.4. The number of alkyl halides is 3. The average Bonchev–Trinajstić information content (AvgIpc) is 3.11. The molecule has 1 saturated heterocycles. The van der Waals surface area contributed by atoms with E-state index < -0.39 is 41.2 Å². The molecule has 2 amide bonds. The number of hydrogen-bond acceptors (Lipinski definition) is 2. The third-order valence-corrected chi connectivity index (χ3v) is 5.67. The van der Waals surface area contributed by atoms with Crippen LogP contribution in [0.1, 0.15) is 22.6 Å². The molecule has 3 aromatic rings. The summed E-state index contributed by atoms with van der Waals surface area (Å²) in [4.78, 5) is 27.8. The maximum Gasteiger partial charge on any atom is 0.416 e. The second kappa shape index (κ2) is 9.05. The Morgan fingerprint density at radius 3 is 2.36 bits per heavy atom. The van der Waals surface area contributed by atoms with Crippen LogP contribution in [0, 0.1) is 11.7 Å². The van der Waals surface area contributed by atoms with E-state index in [-0.39, 0.29) is 24.3 Å². The van der Waals surface area contributed by atoms with E-state index in [1.807, 2.05) is 30.3 Å². The Morgan fingerprint density at radius 1 is 0.970 bits per heavy atom. The van der Waals surface area contributed by atoms with Crippen LogP contribution in [0.4, 0.5) is 23.2 Å². The fraction of sp³-hybridized carbons (Fsp3) is 0.200. The molecule has 0 spiro atoms. The summed E-state index contributed by atoms with van der Waals surface area (Å²) in [6, 6.07) is 19.2. The average molecular weight is 456 g/mol. The first kappa shape index (κ1) is 22.5. The molecule has 0 bridgehead atoms. The van der Waals surface area contributed by atoms with E-state index >= 15 is 0 Å². The predicted molar refractivity (Wildman–Crippen MR) is 115 cm³/mol. The molecule has 4 rings (SSSR count). The van der Waals surface area contributed by atoms with Crippen molar-refractivity contribution in [2.75, 3.05) is 11.9 Å². The van der Waals surface area contributed by atoms with Crippen molar-refractivity contribution in [3.05, 3.63) is 101 Å². The van der Waals surface area contributed by atoms with Gasteiger partial charge in [0.05, 0.1) is 11.3 Å². The van der Waals surface area contributed by atoms with Crippen LogP contribution in [0.2, 0.25) is 0 Å². The zero-order valence-electron chi connectivity index (χ0n) is 17.4. The summed E-state index contributed by atoms with van der Waals surface area (Å²) in [7, 11) is 0. The van der Waals surface area contributed by atoms with Gasteiger partial charge < -0.3 is 10.2 Å². The SMILES string of the molecule is O=C(Nc1ccccc1F)[C@H]1C(=O)N(Cc2ccccc2)C[C@@H]1c1cccc(C(F)(F)F)c1. The van der Waals surface area contributed by atoms with Crippen molar-refractivity contribution in [1.82, 2.24) is 4.90 Å². The Labute approximate surface area is 187 Å². The van der Waals surface area contributed by atoms with Gasteiger partial charge in [-0.2, -0.15) is 13.2 Å². The lowest BCUT2D eigenvalue weighted by molar-refractivity contribution is -0.138. The second-order valence-electron chi connectivity index (χ2n) is 7.88. The lowest BCUT2D eigenvalue weighted by Crippen LogP contribution is -2.34. The van der Waals surface area contributed by atoms with Crippen molar-refractivity contribution in [1.29, 1.82) is 0 Å². The number of para-hydroxylation sites is 1. The highest BCUT2D eigenvalue weighted by Gasteiger charge is 2.46. The first-order chi connectivity index (χ1) is 15.7. The molecule has 0 unspecified atom stereocenters. The maximum absolute atomic E-state index is 14.1. The number of hydrogen-bond donors (Lipinski definition) is 1. The first-order valence-corrected chi connectivity index (χ1v) is 10.3. The highest BCUT2D eigenvalue weighted by molar-refractivity contribution is 6.08. The van der Waals surface area contributed by atoms with E-state index in [1.165, 1.54) is 35.2 Å². The molecule has 3 aromatic carbocycles. The molecule has 0 aromatic heterocycles. The molecule has 1 aliphatic rings. The maximum atomic E-state index is 14.1. The zero-order chi connectivity index (χ0) is 23.6. The monoisotopic (exact) mass is 456 g/mol. The van der Waals surface area contributed by atoms with Crippen molar-refractivity contribution in [3.8, 4) is 0 Å². The largest absolute Gasteiger partial charge is 0.416 e. The van der Waals surface area contributed by atoms with Gasteiger partial charge in [-0.3, -0.25) is 9.59 Å². The van der Waals surface area contributed by atoms with Crippen LogP contribution in [0.15, 0.2) is 78.9 Å². The Balaban J connectivity index is 1.67. The second-order valence-corrected chi connectivity index (χ2v) is 7.88. The molecule has 0 aliphatic carbocycles. The van der Waals surface area contributed by atoms with Crippen molar-refractivity contribution in [3.63, 3.8) is 0 Å². The summed E-state index contributed by atoms with van der Waals surface area (Å²) in [5, 5.41) is 2.43. The highest BCUT2D eigenvalue weighted by Crippen LogP contribution is 2.38. The number of halogens is 4. The van der Waals surface area contributed by atoms with E-state index in [0.29, 0.717) is 0 Å². The van der Waals surface area contributed by atoms with Gasteiger partial charge in [0.1, 0.15) is 11.7 Å². The van der Waals surface area contributed by atoms with Gasteiger partial charge in [0.25, 0.3) is 0 Å². The van der Waals surface area contributed by atoms with E-state index in [1.54, 1.807) is 0 Å². The minimum atomic E-state index is -4.56. The van der Waals surface area contributed by atoms with Crippen LogP contribution in [-0.4, -0.2) is 23.3 Å². The van der Waals surface area contributed by atoms with Gasteiger partial charge in [0, 0.05) is 19.0 Å². The number of likely N-dealkylation sites (tertiary alicyclic amines) is 1. The smallest absolute Gasteiger partial charge is 0.337 e. The third kappa shape index (κ3) is 4.89. The lowest BCUT2D eigenvalue weighted by atomic mass is 9.87. The normalized spacial score (nSPS) is 18.4. The fourth-order valence-corrected chi connectivity index (χ4v) is 4.06. The van der Waals surface area contributed by atoms with Crippen LogP contribution in [0.25, 0.3) is 0 Å². The topological polar surface area (TPSA) is 49.4 Å². The van der Waals surface area contributed by atoms with Crippen molar-refractivity contribution in [2.24, 2.45) is 5.92 Å². The molecule has 1 aliphatic heterocycles. The minimum absolute atomic E-state index is 0.0599. The van der Waals surface area contributed by atoms with Crippen LogP contribution in [0.5, 0.6) is 0 Å². The minimum Gasteiger partial charge on any atom is -0.337 e. The van der Waals surface area contributed by atoms with Gasteiger partial charge in [-0.15, -0.1) is 0 Å². The standard InChI is InChI=1S/C25H20F4N2O2/c26-20-11-4-5-12-21(20)30-23(32)22-19(17-9-6-10-18(13-17)25(27,28)29)15-31(24(22)33)14-16-7-2-1-3-8-16/h1-13,19,22H,14-15H2,(H,30,32)/t19-,22+/m1/s1. The molecule has 0 radical (unpaired) electrons. The van der Waals surface area contributed by atoms with Crippen LogP contribution in [0.3, 0.4) is 0 Å². The van der Waals surface area contributed by atoms with Crippen molar-refractivity contribution < 1.29 is 27.2 Å². The van der Waals surface area contributed by atoms with Crippen LogP contribution < -0.4 is 5.32 Å². The molecule has 33 heavy (non-hydrogen) atoms. The van der Waals surface area contributed by atoms with Gasteiger partial charge in [-0.1, -0.05) is 60.7 Å². The summed E-state index contributed by atoms with van der Waals surface area (Å²) in [5.41, 5.74) is 0.0908. The number of nitrogens with zero attached hydrogens (tertiary/aromatic N) is 1. The van der Waals surface area contributed by atoms with Gasteiger partial charge in [0.15, 0.2) is 0 Å². The van der Waals surface area contributed by atoms with Crippen molar-refractivity contribution in [2.45, 2.75) is 18.6 Å². The molecular formula is C25H20F4N2O2. The van der Waals surface area contributed by atoms with Crippen LogP contribution >= 0.6 is 0 Å². The molecule has 0 saturated carbocycles. The van der Waals surface area contributed by atoms with E-state index in [9.17, 15) is 27.2 Å². The molecule has 8 heteroatoms. The predicted octanol–water partition coefficient (Wildman–Crippen LogP) is 5.23. The summed E-state index contributed by atoms with van der Waals surface area (Å²) >= 11 is 0. The summed E-state index contributed by atoms with van der Waals surface area (Å²) < 4.78 is 53.9. The number of anilines is 1. The number of benzene rings is 3. The molecule has 4 nitrogen and oxygen atoms in total. The summed E-state index contributed by atoms with van der Waals surface area (Å²) in [6.45, 7) is 0.267. The first-order valence-electron chi connectivity index (χ1n) is 10.3. The van der Waals surface area contributed by atoms with Crippen LogP contribution in [-0.2, 0) is 22.3 Å². The molecular weight excluding hydrogens is 436 g/mol. The van der Waals surface area contributed by atoms with E-state index in [4.69, 9.17) is 0 Å².